The molecule has 2 heterocycles. The number of aromatic nitrogens is 1. The summed E-state index contributed by atoms with van der Waals surface area (Å²) >= 11 is 0. The summed E-state index contributed by atoms with van der Waals surface area (Å²) in [7, 11) is 2.14. The number of nitrogens with two attached hydrogens (primary N) is 1. The Bertz CT molecular complexity index is 349. The number of hydrogen-bond acceptors (Lipinski definition) is 4. The summed E-state index contributed by atoms with van der Waals surface area (Å²) in [5.41, 5.74) is 7.33. The zero-order valence-corrected chi connectivity index (χ0v) is 11.1. The Kier molecular flexibility index (Phi) is 4.69. The lowest BCUT2D eigenvalue weighted by molar-refractivity contribution is -0.0192. The lowest BCUT2D eigenvalue weighted by Gasteiger charge is -2.39. The van der Waals surface area contributed by atoms with Crippen LogP contribution in [0.2, 0.25) is 0 Å². The fourth-order valence-electron chi connectivity index (χ4n) is 2.69. The predicted octanol–water partition coefficient (Wildman–Crippen LogP) is 1.27. The van der Waals surface area contributed by atoms with Crippen LogP contribution in [-0.4, -0.2) is 43.2 Å². The number of pyridine rings is 1. The summed E-state index contributed by atoms with van der Waals surface area (Å²) in [5, 5.41) is 0. The van der Waals surface area contributed by atoms with Gasteiger partial charge in [-0.1, -0.05) is 6.07 Å². The summed E-state index contributed by atoms with van der Waals surface area (Å²) in [6.45, 7) is 4.27. The summed E-state index contributed by atoms with van der Waals surface area (Å²) in [5.74, 6) is 0. The van der Waals surface area contributed by atoms with Crippen molar-refractivity contribution in [3.8, 4) is 0 Å². The maximum atomic E-state index is 5.96. The van der Waals surface area contributed by atoms with Crippen LogP contribution in [0.3, 0.4) is 0 Å². The molecular formula is C14H23N3O. The molecule has 0 saturated carbocycles. The van der Waals surface area contributed by atoms with Gasteiger partial charge in [0.2, 0.25) is 0 Å². The van der Waals surface area contributed by atoms with E-state index in [0.29, 0.717) is 6.54 Å². The van der Waals surface area contributed by atoms with Gasteiger partial charge in [0.05, 0.1) is 6.61 Å². The molecule has 0 bridgehead atoms. The van der Waals surface area contributed by atoms with E-state index >= 15 is 0 Å². The molecular weight excluding hydrogens is 226 g/mol. The van der Waals surface area contributed by atoms with Crippen LogP contribution >= 0.6 is 0 Å². The molecule has 4 nitrogen and oxygen atoms in total. The van der Waals surface area contributed by atoms with Gasteiger partial charge in [0.1, 0.15) is 0 Å². The molecule has 1 atom stereocenters. The van der Waals surface area contributed by atoms with Crippen molar-refractivity contribution in [2.75, 3.05) is 33.4 Å². The maximum Gasteiger partial charge on any atom is 0.0546 e. The van der Waals surface area contributed by atoms with Crippen molar-refractivity contribution >= 4 is 0 Å². The summed E-state index contributed by atoms with van der Waals surface area (Å²) in [6.07, 6.45) is 6.02. The van der Waals surface area contributed by atoms with E-state index in [9.17, 15) is 0 Å². The van der Waals surface area contributed by atoms with E-state index in [4.69, 9.17) is 10.5 Å². The van der Waals surface area contributed by atoms with Crippen LogP contribution in [0.1, 0.15) is 18.4 Å². The first-order valence-corrected chi connectivity index (χ1v) is 6.59. The number of nitrogens with zero attached hydrogens (tertiary/aromatic N) is 2. The third kappa shape index (κ3) is 3.51. The zero-order valence-electron chi connectivity index (χ0n) is 11.1. The highest BCUT2D eigenvalue weighted by molar-refractivity contribution is 5.08. The molecule has 18 heavy (non-hydrogen) atoms. The average molecular weight is 249 g/mol. The van der Waals surface area contributed by atoms with Gasteiger partial charge < -0.3 is 15.4 Å². The van der Waals surface area contributed by atoms with Gasteiger partial charge in [0.15, 0.2) is 0 Å². The highest BCUT2D eigenvalue weighted by Gasteiger charge is 2.32. The van der Waals surface area contributed by atoms with Gasteiger partial charge in [-0.05, 0) is 31.5 Å². The molecule has 1 fully saturated rings. The van der Waals surface area contributed by atoms with Crippen LogP contribution in [0.5, 0.6) is 0 Å². The molecule has 1 unspecified atom stereocenters. The van der Waals surface area contributed by atoms with E-state index in [1.807, 2.05) is 12.3 Å². The third-order valence-corrected chi connectivity index (χ3v) is 3.62. The smallest absolute Gasteiger partial charge is 0.0546 e. The highest BCUT2D eigenvalue weighted by atomic mass is 16.5. The summed E-state index contributed by atoms with van der Waals surface area (Å²) < 4.78 is 5.61. The Morgan fingerprint density at radius 2 is 2.44 bits per heavy atom. The minimum atomic E-state index is 0.134. The van der Waals surface area contributed by atoms with Gasteiger partial charge in [-0.25, -0.2) is 0 Å². The molecule has 2 rings (SSSR count). The zero-order chi connectivity index (χ0) is 12.8. The second-order valence-electron chi connectivity index (χ2n) is 5.39. The quantitative estimate of drug-likeness (QED) is 0.854. The van der Waals surface area contributed by atoms with Gasteiger partial charge in [-0.2, -0.15) is 0 Å². The minimum absolute atomic E-state index is 0.134. The first-order valence-electron chi connectivity index (χ1n) is 6.59. The topological polar surface area (TPSA) is 51.4 Å². The van der Waals surface area contributed by atoms with Gasteiger partial charge in [-0.3, -0.25) is 4.98 Å². The van der Waals surface area contributed by atoms with Crippen molar-refractivity contribution in [3.63, 3.8) is 0 Å². The molecule has 0 aliphatic carbocycles. The van der Waals surface area contributed by atoms with Gasteiger partial charge in [0, 0.05) is 44.0 Å². The van der Waals surface area contributed by atoms with Crippen LogP contribution in [0.25, 0.3) is 0 Å². The Hall–Kier alpha value is -0.970. The lowest BCUT2D eigenvalue weighted by Crippen LogP contribution is -2.46. The van der Waals surface area contributed by atoms with E-state index in [2.05, 4.69) is 23.0 Å². The molecule has 1 aromatic heterocycles. The second-order valence-corrected chi connectivity index (χ2v) is 5.39. The Labute approximate surface area is 109 Å². The SMILES string of the molecule is CN(Cc1cccnc1)CC1(CN)CCCOC1. The van der Waals surface area contributed by atoms with E-state index in [0.717, 1.165) is 32.7 Å². The number of ether oxygens (including phenoxy) is 1. The van der Waals surface area contributed by atoms with Crippen molar-refractivity contribution in [1.29, 1.82) is 0 Å². The van der Waals surface area contributed by atoms with E-state index in [1.54, 1.807) is 6.20 Å². The monoisotopic (exact) mass is 249 g/mol. The van der Waals surface area contributed by atoms with Gasteiger partial charge >= 0.3 is 0 Å². The maximum absolute atomic E-state index is 5.96. The second kappa shape index (κ2) is 6.27. The molecule has 1 aliphatic heterocycles. The van der Waals surface area contributed by atoms with Crippen molar-refractivity contribution in [1.82, 2.24) is 9.88 Å². The minimum Gasteiger partial charge on any atom is -0.381 e. The fraction of sp³-hybridized carbons (Fsp3) is 0.643. The molecule has 1 saturated heterocycles. The normalized spacial score (nSPS) is 24.4. The Balaban J connectivity index is 1.91. The Morgan fingerprint density at radius 3 is 3.06 bits per heavy atom. The fourth-order valence-corrected chi connectivity index (χ4v) is 2.69. The highest BCUT2D eigenvalue weighted by Crippen LogP contribution is 2.28. The molecule has 1 aliphatic rings. The van der Waals surface area contributed by atoms with Crippen molar-refractivity contribution in [2.45, 2.75) is 19.4 Å². The number of hydrogen-bond donors (Lipinski definition) is 1. The van der Waals surface area contributed by atoms with Crippen molar-refractivity contribution < 1.29 is 4.74 Å². The Morgan fingerprint density at radius 1 is 1.56 bits per heavy atom. The standard InChI is InChI=1S/C14H23N3O/c1-17(9-13-4-2-6-16-8-13)11-14(10-15)5-3-7-18-12-14/h2,4,6,8H,3,5,7,9-12,15H2,1H3. The molecule has 0 spiro atoms. The number of rotatable bonds is 5. The van der Waals surface area contributed by atoms with Crippen LogP contribution in [0.15, 0.2) is 24.5 Å². The van der Waals surface area contributed by atoms with Crippen LogP contribution in [-0.2, 0) is 11.3 Å². The molecule has 0 radical (unpaired) electrons. The predicted molar refractivity (Wildman–Crippen MR) is 72.1 cm³/mol. The largest absolute Gasteiger partial charge is 0.381 e. The molecule has 0 aromatic carbocycles. The molecule has 2 N–H and O–H groups in total. The van der Waals surface area contributed by atoms with Gasteiger partial charge in [-0.15, -0.1) is 0 Å². The molecule has 1 aromatic rings. The van der Waals surface area contributed by atoms with E-state index in [1.165, 1.54) is 12.0 Å². The summed E-state index contributed by atoms with van der Waals surface area (Å²) in [4.78, 5) is 6.46. The molecule has 100 valence electrons. The van der Waals surface area contributed by atoms with E-state index < -0.39 is 0 Å². The summed E-state index contributed by atoms with van der Waals surface area (Å²) in [6, 6.07) is 4.08. The third-order valence-electron chi connectivity index (χ3n) is 3.62. The van der Waals surface area contributed by atoms with Crippen LogP contribution in [0, 0.1) is 5.41 Å². The first kappa shape index (κ1) is 13.5. The molecule has 0 amide bonds. The lowest BCUT2D eigenvalue weighted by atomic mass is 9.82. The van der Waals surface area contributed by atoms with Crippen LogP contribution in [0.4, 0.5) is 0 Å². The average Bonchev–Trinajstić information content (AvgIpc) is 2.41. The van der Waals surface area contributed by atoms with Crippen LogP contribution < -0.4 is 5.73 Å². The molecule has 4 heteroatoms. The van der Waals surface area contributed by atoms with Gasteiger partial charge in [0.25, 0.3) is 0 Å². The van der Waals surface area contributed by atoms with Crippen molar-refractivity contribution in [3.05, 3.63) is 30.1 Å². The van der Waals surface area contributed by atoms with Crippen molar-refractivity contribution in [2.24, 2.45) is 11.1 Å². The van der Waals surface area contributed by atoms with E-state index in [-0.39, 0.29) is 5.41 Å². The first-order chi connectivity index (χ1) is 8.74.